The lowest BCUT2D eigenvalue weighted by Gasteiger charge is -2.32. The number of methoxy groups -OCH3 is 5. The lowest BCUT2D eigenvalue weighted by molar-refractivity contribution is 0.00578. The largest absolute Gasteiger partial charge is 0.495 e. The van der Waals surface area contributed by atoms with Gasteiger partial charge in [-0.2, -0.15) is 0 Å². The molecular formula is C103H90BI2N21O11S2. The van der Waals surface area contributed by atoms with Crippen LogP contribution in [0.4, 0.5) is 5.69 Å². The van der Waals surface area contributed by atoms with Crippen LogP contribution in [-0.4, -0.2) is 182 Å². The first-order valence-corrected chi connectivity index (χ1v) is 49.8. The zero-order valence-electron chi connectivity index (χ0n) is 77.9. The molecule has 1 aliphatic rings. The number of hydrogen-bond donors (Lipinski definition) is 4. The van der Waals surface area contributed by atoms with Gasteiger partial charge in [-0.3, -0.25) is 54.6 Å². The Labute approximate surface area is 831 Å². The van der Waals surface area contributed by atoms with Gasteiger partial charge in [-0.1, -0.05) is 36.4 Å². The Kier molecular flexibility index (Phi) is 27.3. The summed E-state index contributed by atoms with van der Waals surface area (Å²) in [6, 6.07) is 48.3. The molecule has 20 aromatic heterocycles. The maximum atomic E-state index is 11.6. The second-order valence-corrected chi connectivity index (χ2v) is 39.8. The van der Waals surface area contributed by atoms with E-state index in [2.05, 4.69) is 162 Å². The van der Waals surface area contributed by atoms with Crippen molar-refractivity contribution in [2.45, 2.75) is 44.6 Å². The second kappa shape index (κ2) is 40.1. The fourth-order valence-electron chi connectivity index (χ4n) is 16.3. The molecule has 2 aromatic carbocycles. The quantitative estimate of drug-likeness (QED) is 0.0515. The number of hydrogen-bond acceptors (Lipinski definition) is 26. The normalized spacial score (nSPS) is 12.7. The van der Waals surface area contributed by atoms with Crippen LogP contribution in [-0.2, 0) is 49.0 Å². The Hall–Kier alpha value is -15.2. The van der Waals surface area contributed by atoms with E-state index in [1.807, 2.05) is 205 Å². The summed E-state index contributed by atoms with van der Waals surface area (Å²) in [7, 11) is 5.42. The molecule has 32 nitrogen and oxygen atoms in total. The molecule has 0 unspecified atom stereocenters. The lowest BCUT2D eigenvalue weighted by Crippen LogP contribution is -2.41. The number of aromatic amines is 3. The maximum Gasteiger partial charge on any atom is 0.494 e. The molecule has 0 spiro atoms. The summed E-state index contributed by atoms with van der Waals surface area (Å²) in [5.74, 6) is 3.68. The van der Waals surface area contributed by atoms with Gasteiger partial charge >= 0.3 is 7.12 Å². The number of sulfone groups is 1. The number of nitrogens with zero attached hydrogens (tertiary/aromatic N) is 17. The molecule has 0 atom stereocenters. The van der Waals surface area contributed by atoms with Crippen LogP contribution in [0.25, 0.3) is 177 Å². The number of halogens is 2. The highest BCUT2D eigenvalue weighted by Crippen LogP contribution is 2.44. The number of aromatic nitrogens is 20. The topological polar surface area (TPSA) is 395 Å². The molecule has 23 rings (SSSR count). The third-order valence-electron chi connectivity index (χ3n) is 24.0. The van der Waals surface area contributed by atoms with Crippen molar-refractivity contribution < 1.29 is 49.8 Å². The molecule has 1 saturated heterocycles. The van der Waals surface area contributed by atoms with Crippen LogP contribution in [0.2, 0.25) is 0 Å². The van der Waals surface area contributed by atoms with Gasteiger partial charge in [0.2, 0.25) is 10.0 Å². The number of benzene rings is 2. The summed E-state index contributed by atoms with van der Waals surface area (Å²) < 4.78 is 93.1. The third-order valence-corrected chi connectivity index (χ3v) is 27.6. The third kappa shape index (κ3) is 20.0. The summed E-state index contributed by atoms with van der Waals surface area (Å²) in [5, 5.41) is 10.5. The molecular weight excluding hydrogens is 2040 g/mol. The van der Waals surface area contributed by atoms with Crippen LogP contribution in [0.5, 0.6) is 28.7 Å². The monoisotopic (exact) mass is 2130 g/mol. The molecule has 1 fully saturated rings. The van der Waals surface area contributed by atoms with Crippen molar-refractivity contribution in [3.05, 3.63) is 288 Å². The van der Waals surface area contributed by atoms with E-state index in [0.717, 1.165) is 225 Å². The summed E-state index contributed by atoms with van der Waals surface area (Å²) in [5.41, 5.74) is 21.5. The molecule has 21 heterocycles. The van der Waals surface area contributed by atoms with Crippen LogP contribution in [0, 0.1) is 7.14 Å². The average molecular weight is 2130 g/mol. The summed E-state index contributed by atoms with van der Waals surface area (Å²) in [6.45, 7) is 7.97. The van der Waals surface area contributed by atoms with Crippen LogP contribution >= 0.6 is 45.2 Å². The molecule has 37 heteroatoms. The summed E-state index contributed by atoms with van der Waals surface area (Å²) >= 11 is 4.61. The number of pyridine rings is 15. The van der Waals surface area contributed by atoms with Crippen LogP contribution in [0.1, 0.15) is 33.3 Å². The minimum absolute atomic E-state index is 0.00337. The number of H-pyrrole nitrogens is 3. The van der Waals surface area contributed by atoms with Crippen LogP contribution in [0.15, 0.2) is 276 Å². The molecule has 0 aliphatic carbocycles. The number of fused-ring (bicyclic) bond motifs is 15. The molecule has 0 radical (unpaired) electrons. The fourth-order valence-corrected chi connectivity index (χ4v) is 19.5. The SMILES string of the molecule is CC1(C)OB(c2ccc(NS(C)(=O)=O)cc2)OC1(C)C.COc1cnc2[nH]c3cnc(-c4cccnc4)cc3c2c1.COc1cnc2[nH]c3cnc(-c4cccnc4)cc3c2c1-c1ccc(CS(C)(=O)=O)cc1.COc1cnc2[nH]c3cnc(-c4cccnc4)cc3c2c1I.COc1cnc2c(c1)c1cc(-c3cccnc3)ncc1n2C.COc1cnc2c(c1I)c1cc(-c3cccnc3)ncc1n2C. The van der Waals surface area contributed by atoms with Gasteiger partial charge in [0.1, 0.15) is 45.5 Å². The smallest absolute Gasteiger partial charge is 0.494 e. The molecule has 0 saturated carbocycles. The minimum atomic E-state index is -3.26. The summed E-state index contributed by atoms with van der Waals surface area (Å²) in [4.78, 5) is 75.8. The van der Waals surface area contributed by atoms with E-state index in [1.54, 1.807) is 134 Å². The van der Waals surface area contributed by atoms with Gasteiger partial charge in [0.25, 0.3) is 0 Å². The van der Waals surface area contributed by atoms with Crippen molar-refractivity contribution in [1.29, 1.82) is 0 Å². The van der Waals surface area contributed by atoms with Crippen molar-refractivity contribution >= 4 is 193 Å². The number of sulfonamides is 1. The van der Waals surface area contributed by atoms with E-state index in [0.29, 0.717) is 11.4 Å². The second-order valence-electron chi connectivity index (χ2n) is 33.7. The zero-order valence-corrected chi connectivity index (χ0v) is 83.9. The van der Waals surface area contributed by atoms with Crippen molar-refractivity contribution in [3.63, 3.8) is 0 Å². The van der Waals surface area contributed by atoms with Gasteiger partial charge in [-0.25, -0.2) is 41.8 Å². The van der Waals surface area contributed by atoms with Gasteiger partial charge in [-0.05, 0) is 205 Å². The first kappa shape index (κ1) is 95.2. The Morgan fingerprint density at radius 3 is 1.24 bits per heavy atom. The Morgan fingerprint density at radius 1 is 0.379 bits per heavy atom. The van der Waals surface area contributed by atoms with Crippen LogP contribution in [0.3, 0.4) is 0 Å². The zero-order chi connectivity index (χ0) is 97.9. The van der Waals surface area contributed by atoms with Gasteiger partial charge in [0, 0.05) is 175 Å². The van der Waals surface area contributed by atoms with E-state index < -0.39 is 27.0 Å². The van der Waals surface area contributed by atoms with E-state index in [9.17, 15) is 16.8 Å². The molecule has 4 N–H and O–H groups in total. The number of rotatable bonds is 16. The first-order valence-electron chi connectivity index (χ1n) is 43.7. The average Bonchev–Trinajstić information content (AvgIpc) is 1.60. The highest BCUT2D eigenvalue weighted by atomic mass is 127. The number of aryl methyl sites for hydroxylation is 2. The molecule has 0 amide bonds. The van der Waals surface area contributed by atoms with E-state index in [-0.39, 0.29) is 17.0 Å². The highest BCUT2D eigenvalue weighted by Gasteiger charge is 2.51. The van der Waals surface area contributed by atoms with E-state index in [4.69, 9.17) is 33.0 Å². The van der Waals surface area contributed by atoms with E-state index in [1.165, 1.54) is 6.26 Å². The van der Waals surface area contributed by atoms with Crippen molar-refractivity contribution in [2.75, 3.05) is 52.8 Å². The molecule has 1 aliphatic heterocycles. The van der Waals surface area contributed by atoms with Crippen LogP contribution < -0.4 is 33.9 Å². The Bertz CT molecular complexity index is 8560. The standard InChI is InChI=1S/C24H20N4O3S.C17H13IN4O.C17H14N4O.C16H11IN4O.C16H12N4O.C13H20BNO4S/c1-31-21-13-27-24-23(22(21)16-7-5-15(6-8-16)14-32(2,29)30)18-10-19(26-12-20(18)28-24)17-4-3-9-25-11-17;1-22-13-8-20-12(10-4-3-5-19-7-10)6-11(13)15-16(18)14(23-2)9-21-17(15)22;1-21-16-10-19-15(11-4-3-5-18-8-11)7-13(16)14-6-12(22-2)9-20-17(14)21;1-22-13-8-20-16-14(15(13)17)10-5-11(19-7-12(10)21-16)9-3-2-4-18-6-9;1-21-11-5-13-12-6-14(10-3-2-4-17-7-10)18-9-15(12)20-16(13)19-8-11;1-12(2)13(3,4)19-14(18-12)10-6-8-11(9-7-10)15-20(5,16)17/h3-13H,14H2,1-2H3,(H,27,28);3-9H,1-2H3;3-10H,1-2H3;2-8H,1H3,(H,20,21);2-9H,1H3,(H,19,20);6-9,15H,1-5H3. The Morgan fingerprint density at radius 2 is 0.771 bits per heavy atom. The van der Waals surface area contributed by atoms with Gasteiger partial charge in [-0.15, -0.1) is 0 Å². The molecule has 22 aromatic rings. The van der Waals surface area contributed by atoms with Crippen molar-refractivity contribution in [1.82, 2.24) is 98.8 Å². The Balaban J connectivity index is 0.000000112. The fraction of sp³-hybridized carbons (Fsp3) is 0.155. The predicted octanol–water partition coefficient (Wildman–Crippen LogP) is 19.7. The van der Waals surface area contributed by atoms with Crippen molar-refractivity contribution in [2.24, 2.45) is 14.1 Å². The molecule has 0 bridgehead atoms. The molecule has 702 valence electrons. The van der Waals surface area contributed by atoms with Gasteiger partial charge in [0.05, 0.1) is 184 Å². The number of nitrogens with one attached hydrogen (secondary N) is 4. The van der Waals surface area contributed by atoms with E-state index >= 15 is 0 Å². The van der Waals surface area contributed by atoms with Crippen molar-refractivity contribution in [3.8, 4) is 96.2 Å². The number of ether oxygens (including phenoxy) is 5. The highest BCUT2D eigenvalue weighted by molar-refractivity contribution is 14.1. The maximum absolute atomic E-state index is 11.6. The number of anilines is 1. The predicted molar refractivity (Wildman–Crippen MR) is 565 cm³/mol. The summed E-state index contributed by atoms with van der Waals surface area (Å²) in [6.07, 6.45) is 38.0. The van der Waals surface area contributed by atoms with Gasteiger partial charge in [0.15, 0.2) is 21.3 Å². The lowest BCUT2D eigenvalue weighted by atomic mass is 9.79. The minimum Gasteiger partial charge on any atom is -0.495 e. The molecule has 140 heavy (non-hydrogen) atoms. The van der Waals surface area contributed by atoms with Gasteiger partial charge < -0.3 is 57.1 Å². The first-order chi connectivity index (χ1) is 67.5.